The molecule has 0 N–H and O–H groups in total. The summed E-state index contributed by atoms with van der Waals surface area (Å²) >= 11 is 0. The van der Waals surface area contributed by atoms with Gasteiger partial charge in [0.05, 0.1) is 5.54 Å². The van der Waals surface area contributed by atoms with E-state index in [9.17, 15) is 0 Å². The molecule has 1 atom stereocenters. The van der Waals surface area contributed by atoms with Crippen LogP contribution in [-0.4, -0.2) is 17.0 Å². The Balaban J connectivity index is 0.00000196. The molecule has 1 radical (unpaired) electrons. The number of nitrogens with zero attached hydrogens (tertiary/aromatic N) is 1. The minimum Gasteiger partial charge on any atom is -0.472 e. The van der Waals surface area contributed by atoms with Gasteiger partial charge < -0.3 is 11.2 Å². The van der Waals surface area contributed by atoms with Crippen LogP contribution in [0.3, 0.4) is 0 Å². The van der Waals surface area contributed by atoms with E-state index in [0.29, 0.717) is 5.92 Å². The van der Waals surface area contributed by atoms with Gasteiger partial charge in [-0.25, -0.2) is 4.99 Å². The molecule has 0 aliphatic carbocycles. The first-order chi connectivity index (χ1) is 6.30. The smallest absolute Gasteiger partial charge is 0.184 e. The normalized spacial score (nSPS) is 23.7. The first-order valence-electron chi connectivity index (χ1n) is 5.37. The predicted molar refractivity (Wildman–Crippen MR) is 60.4 cm³/mol. The summed E-state index contributed by atoms with van der Waals surface area (Å²) in [6.07, 6.45) is 3.19. The van der Waals surface area contributed by atoms with Gasteiger partial charge >= 0.3 is 0 Å². The molecule has 15 heavy (non-hydrogen) atoms. The molecule has 1 rings (SSSR count). The van der Waals surface area contributed by atoms with Crippen molar-refractivity contribution >= 4 is 5.90 Å². The number of rotatable bonds is 3. The van der Waals surface area contributed by atoms with Crippen LogP contribution in [0.25, 0.3) is 0 Å². The van der Waals surface area contributed by atoms with E-state index in [1.54, 1.807) is 0 Å². The third-order valence-corrected chi connectivity index (χ3v) is 3.23. The molecule has 0 saturated carbocycles. The summed E-state index contributed by atoms with van der Waals surface area (Å²) in [6, 6.07) is 0. The summed E-state index contributed by atoms with van der Waals surface area (Å²) in [4.78, 5) is 4.67. The molecule has 85 valence electrons. The molecule has 0 fully saturated rings. The van der Waals surface area contributed by atoms with Gasteiger partial charge in [-0.2, -0.15) is 13.3 Å². The Morgan fingerprint density at radius 3 is 2.20 bits per heavy atom. The molecule has 1 aliphatic heterocycles. The van der Waals surface area contributed by atoms with Gasteiger partial charge in [-0.3, -0.25) is 0 Å². The van der Waals surface area contributed by atoms with Crippen molar-refractivity contribution in [3.8, 4) is 0 Å². The zero-order valence-corrected chi connectivity index (χ0v) is 13.6. The van der Waals surface area contributed by atoms with Crippen LogP contribution < -0.4 is 0 Å². The second kappa shape index (κ2) is 5.27. The zero-order chi connectivity index (χ0) is 11.0. The van der Waals surface area contributed by atoms with Gasteiger partial charge in [0.1, 0.15) is 5.60 Å². The Morgan fingerprint density at radius 2 is 1.87 bits per heavy atom. The van der Waals surface area contributed by atoms with Crippen LogP contribution in [0, 0.1) is 12.3 Å². The molecule has 0 amide bonds. The summed E-state index contributed by atoms with van der Waals surface area (Å²) in [5.41, 5.74) is -0.283. The zero-order valence-electron chi connectivity index (χ0n) is 10.8. The molecule has 1 unspecified atom stereocenters. The van der Waals surface area contributed by atoms with E-state index in [1.807, 2.05) is 0 Å². The Labute approximate surface area is 119 Å². The SMILES string of the molecule is C[CH-]CC(C)C1=NC(C)(C)C(C)(C)O1.[Y]. The molecule has 1 heterocycles. The fraction of sp³-hybridized carbons (Fsp3) is 0.833. The van der Waals surface area contributed by atoms with Crippen LogP contribution in [-0.2, 0) is 37.4 Å². The maximum absolute atomic E-state index is 5.91. The van der Waals surface area contributed by atoms with E-state index < -0.39 is 0 Å². The summed E-state index contributed by atoms with van der Waals surface area (Å²) in [6.45, 7) is 12.7. The molecule has 0 aromatic carbocycles. The molecule has 0 saturated heterocycles. The maximum atomic E-state index is 5.91. The Morgan fingerprint density at radius 1 is 1.33 bits per heavy atom. The van der Waals surface area contributed by atoms with Crippen LogP contribution in [0.5, 0.6) is 0 Å². The molecule has 3 heteroatoms. The van der Waals surface area contributed by atoms with Crippen molar-refractivity contribution in [1.29, 1.82) is 0 Å². The van der Waals surface area contributed by atoms with Gasteiger partial charge in [-0.15, -0.1) is 0 Å². The van der Waals surface area contributed by atoms with E-state index in [4.69, 9.17) is 4.74 Å². The molecule has 0 spiro atoms. The Kier molecular flexibility index (Phi) is 5.47. The van der Waals surface area contributed by atoms with E-state index in [2.05, 4.69) is 53.0 Å². The van der Waals surface area contributed by atoms with Crippen LogP contribution >= 0.6 is 0 Å². The molecule has 0 bridgehead atoms. The van der Waals surface area contributed by atoms with Gasteiger partial charge in [0.25, 0.3) is 0 Å². The minimum atomic E-state index is -0.176. The van der Waals surface area contributed by atoms with Gasteiger partial charge in [0, 0.05) is 38.6 Å². The standard InChI is InChI=1S/C12H22NO.Y/c1-7-8-9(2)10-13-11(3,4)12(5,6)14-10;/h7,9H,8H2,1-6H3;/q-1;. The van der Waals surface area contributed by atoms with Crippen LogP contribution in [0.1, 0.15) is 48.0 Å². The minimum absolute atomic E-state index is 0. The molecular weight excluding hydrogens is 263 g/mol. The largest absolute Gasteiger partial charge is 0.472 e. The summed E-state index contributed by atoms with van der Waals surface area (Å²) in [7, 11) is 0. The van der Waals surface area contributed by atoms with Crippen molar-refractivity contribution < 1.29 is 37.4 Å². The van der Waals surface area contributed by atoms with Crippen molar-refractivity contribution in [3.63, 3.8) is 0 Å². The fourth-order valence-electron chi connectivity index (χ4n) is 1.48. The number of ether oxygens (including phenoxy) is 1. The molecule has 0 aromatic heterocycles. The van der Waals surface area contributed by atoms with Crippen molar-refractivity contribution in [1.82, 2.24) is 0 Å². The Bertz CT molecular complexity index is 246. The second-order valence-electron chi connectivity index (χ2n) is 5.17. The molecule has 2 nitrogen and oxygen atoms in total. The van der Waals surface area contributed by atoms with Crippen molar-refractivity contribution in [2.75, 3.05) is 0 Å². The van der Waals surface area contributed by atoms with Gasteiger partial charge in [-0.05, 0) is 27.7 Å². The predicted octanol–water partition coefficient (Wildman–Crippen LogP) is 3.22. The van der Waals surface area contributed by atoms with Crippen molar-refractivity contribution in [2.45, 2.75) is 59.1 Å². The summed E-state index contributed by atoms with van der Waals surface area (Å²) < 4.78 is 5.91. The second-order valence-corrected chi connectivity index (χ2v) is 5.17. The first-order valence-corrected chi connectivity index (χ1v) is 5.37. The van der Waals surface area contributed by atoms with E-state index in [-0.39, 0.29) is 43.8 Å². The summed E-state index contributed by atoms with van der Waals surface area (Å²) in [5.74, 6) is 1.32. The molecular formula is C12H22NOY-. The summed E-state index contributed by atoms with van der Waals surface area (Å²) in [5, 5.41) is 0. The van der Waals surface area contributed by atoms with Crippen molar-refractivity contribution in [2.24, 2.45) is 10.9 Å². The van der Waals surface area contributed by atoms with E-state index in [0.717, 1.165) is 12.3 Å². The third kappa shape index (κ3) is 3.26. The van der Waals surface area contributed by atoms with Gasteiger partial charge in [0.15, 0.2) is 5.90 Å². The quantitative estimate of drug-likeness (QED) is 0.730. The number of aliphatic imine (C=N–C) groups is 1. The molecule has 1 aliphatic rings. The van der Waals surface area contributed by atoms with Crippen LogP contribution in [0.4, 0.5) is 0 Å². The fourth-order valence-corrected chi connectivity index (χ4v) is 1.48. The average molecular weight is 285 g/mol. The molecule has 0 aromatic rings. The average Bonchev–Trinajstić information content (AvgIpc) is 2.22. The van der Waals surface area contributed by atoms with Crippen LogP contribution in [0.2, 0.25) is 0 Å². The van der Waals surface area contributed by atoms with Crippen LogP contribution in [0.15, 0.2) is 4.99 Å². The topological polar surface area (TPSA) is 21.6 Å². The van der Waals surface area contributed by atoms with Gasteiger partial charge in [0.2, 0.25) is 0 Å². The van der Waals surface area contributed by atoms with Gasteiger partial charge in [-0.1, -0.05) is 6.92 Å². The van der Waals surface area contributed by atoms with E-state index >= 15 is 0 Å². The third-order valence-electron chi connectivity index (χ3n) is 3.23. The maximum Gasteiger partial charge on any atom is 0.184 e. The van der Waals surface area contributed by atoms with E-state index in [1.165, 1.54) is 0 Å². The Hall–Kier alpha value is 0.574. The monoisotopic (exact) mass is 285 g/mol. The number of hydrogen-bond acceptors (Lipinski definition) is 2. The number of hydrogen-bond donors (Lipinski definition) is 0. The first kappa shape index (κ1) is 15.6. The van der Waals surface area contributed by atoms with Crippen molar-refractivity contribution in [3.05, 3.63) is 6.42 Å².